The summed E-state index contributed by atoms with van der Waals surface area (Å²) in [6.45, 7) is 5.53. The average Bonchev–Trinajstić information content (AvgIpc) is 2.35. The van der Waals surface area contributed by atoms with E-state index in [1.165, 1.54) is 6.20 Å². The molecule has 1 aromatic rings. The van der Waals surface area contributed by atoms with Gasteiger partial charge in [-0.25, -0.2) is 10.8 Å². The summed E-state index contributed by atoms with van der Waals surface area (Å²) in [6, 6.07) is 2.12. The van der Waals surface area contributed by atoms with Crippen molar-refractivity contribution in [3.05, 3.63) is 11.2 Å². The molecular formula is C11H17ClN6. The number of nitrogen functional groups attached to an aromatic ring is 1. The molecule has 0 saturated carbocycles. The zero-order valence-corrected chi connectivity index (χ0v) is 11.3. The summed E-state index contributed by atoms with van der Waals surface area (Å²) in [4.78, 5) is 10.1. The van der Waals surface area contributed by atoms with Crippen LogP contribution >= 0.6 is 11.6 Å². The Hall–Kier alpha value is -1.58. The third kappa shape index (κ3) is 4.02. The van der Waals surface area contributed by atoms with Crippen LogP contribution in [0.4, 0.5) is 11.8 Å². The van der Waals surface area contributed by atoms with Crippen LogP contribution < -0.4 is 16.2 Å². The molecule has 6 nitrogen and oxygen atoms in total. The Morgan fingerprint density at radius 2 is 2.33 bits per heavy atom. The molecule has 0 fully saturated rings. The number of anilines is 2. The fraction of sp³-hybridized carbons (Fsp3) is 0.545. The van der Waals surface area contributed by atoms with Gasteiger partial charge in [0.15, 0.2) is 5.82 Å². The van der Waals surface area contributed by atoms with Crippen LogP contribution in [0.2, 0.25) is 5.02 Å². The van der Waals surface area contributed by atoms with Gasteiger partial charge in [-0.1, -0.05) is 25.4 Å². The Labute approximate surface area is 112 Å². The highest BCUT2D eigenvalue weighted by Crippen LogP contribution is 2.24. The first-order valence-electron chi connectivity index (χ1n) is 5.69. The van der Waals surface area contributed by atoms with E-state index in [0.717, 1.165) is 6.54 Å². The number of nitriles is 1. The van der Waals surface area contributed by atoms with E-state index in [4.69, 9.17) is 22.7 Å². The van der Waals surface area contributed by atoms with Crippen LogP contribution in [0.5, 0.6) is 0 Å². The topological polar surface area (TPSA) is 90.9 Å². The summed E-state index contributed by atoms with van der Waals surface area (Å²) in [7, 11) is 0. The third-order valence-corrected chi connectivity index (χ3v) is 2.50. The molecule has 0 radical (unpaired) electrons. The Bertz CT molecular complexity index is 428. The molecule has 98 valence electrons. The van der Waals surface area contributed by atoms with Crippen LogP contribution in [-0.4, -0.2) is 23.1 Å². The largest absolute Gasteiger partial charge is 0.354 e. The van der Waals surface area contributed by atoms with Crippen molar-refractivity contribution in [2.75, 3.05) is 23.4 Å². The second kappa shape index (κ2) is 6.99. The zero-order chi connectivity index (χ0) is 13.5. The number of halogens is 1. The first kappa shape index (κ1) is 14.5. The highest BCUT2D eigenvalue weighted by molar-refractivity contribution is 6.32. The van der Waals surface area contributed by atoms with Crippen LogP contribution in [0.15, 0.2) is 6.20 Å². The number of hydrazine groups is 1. The Morgan fingerprint density at radius 1 is 1.61 bits per heavy atom. The SMILES string of the molecule is CC(C)CN(CCC#N)c1nc(NN)ncc1Cl. The molecule has 0 unspecified atom stereocenters. The number of rotatable bonds is 6. The average molecular weight is 269 g/mol. The molecule has 0 aliphatic heterocycles. The summed E-state index contributed by atoms with van der Waals surface area (Å²) in [5.41, 5.74) is 2.39. The molecule has 1 rings (SSSR count). The molecule has 0 amide bonds. The number of nitrogens with zero attached hydrogens (tertiary/aromatic N) is 4. The standard InChI is InChI=1S/C11H17ClN6/c1-8(2)7-18(5-3-4-13)10-9(12)6-15-11(16-10)17-14/h6,8H,3,5,7,14H2,1-2H3,(H,15,16,17). The minimum atomic E-state index is 0.306. The highest BCUT2D eigenvalue weighted by atomic mass is 35.5. The molecule has 0 atom stereocenters. The lowest BCUT2D eigenvalue weighted by molar-refractivity contribution is 0.607. The number of nitrogens with two attached hydrogens (primary N) is 1. The smallest absolute Gasteiger partial charge is 0.239 e. The highest BCUT2D eigenvalue weighted by Gasteiger charge is 2.14. The molecule has 0 aliphatic carbocycles. The molecule has 0 aliphatic rings. The normalized spacial score (nSPS) is 10.2. The summed E-state index contributed by atoms with van der Waals surface area (Å²) < 4.78 is 0. The van der Waals surface area contributed by atoms with E-state index < -0.39 is 0 Å². The second-order valence-corrected chi connectivity index (χ2v) is 4.66. The Morgan fingerprint density at radius 3 is 2.89 bits per heavy atom. The third-order valence-electron chi connectivity index (χ3n) is 2.23. The maximum atomic E-state index is 8.69. The van der Waals surface area contributed by atoms with Gasteiger partial charge in [0.2, 0.25) is 5.95 Å². The molecule has 3 N–H and O–H groups in total. The van der Waals surface area contributed by atoms with Crippen molar-refractivity contribution in [3.8, 4) is 6.07 Å². The van der Waals surface area contributed by atoms with Crippen molar-refractivity contribution in [1.29, 1.82) is 5.26 Å². The first-order chi connectivity index (χ1) is 8.58. The van der Waals surface area contributed by atoms with E-state index in [1.807, 2.05) is 4.90 Å². The van der Waals surface area contributed by atoms with E-state index in [-0.39, 0.29) is 0 Å². The number of aromatic nitrogens is 2. The van der Waals surface area contributed by atoms with Crippen LogP contribution in [0.3, 0.4) is 0 Å². The fourth-order valence-corrected chi connectivity index (χ4v) is 1.77. The summed E-state index contributed by atoms with van der Waals surface area (Å²) >= 11 is 6.09. The van der Waals surface area contributed by atoms with E-state index in [2.05, 4.69) is 35.3 Å². The van der Waals surface area contributed by atoms with Crippen molar-refractivity contribution in [2.24, 2.45) is 11.8 Å². The van der Waals surface area contributed by atoms with E-state index >= 15 is 0 Å². The van der Waals surface area contributed by atoms with Gasteiger partial charge in [-0.05, 0) is 5.92 Å². The lowest BCUT2D eigenvalue weighted by atomic mass is 10.2. The van der Waals surface area contributed by atoms with Crippen molar-refractivity contribution in [2.45, 2.75) is 20.3 Å². The van der Waals surface area contributed by atoms with Gasteiger partial charge in [-0.3, -0.25) is 5.43 Å². The van der Waals surface area contributed by atoms with E-state index in [1.54, 1.807) is 0 Å². The molecule has 1 heterocycles. The summed E-state index contributed by atoms with van der Waals surface area (Å²) in [5.74, 6) is 6.62. The van der Waals surface area contributed by atoms with Crippen LogP contribution in [0, 0.1) is 17.2 Å². The van der Waals surface area contributed by atoms with Crippen molar-refractivity contribution in [3.63, 3.8) is 0 Å². The summed E-state index contributed by atoms with van der Waals surface area (Å²) in [6.07, 6.45) is 1.91. The quantitative estimate of drug-likeness (QED) is 0.604. The lowest BCUT2D eigenvalue weighted by Gasteiger charge is -2.25. The van der Waals surface area contributed by atoms with E-state index in [9.17, 15) is 0 Å². The van der Waals surface area contributed by atoms with E-state index in [0.29, 0.717) is 35.7 Å². The van der Waals surface area contributed by atoms with Crippen molar-refractivity contribution >= 4 is 23.4 Å². The molecule has 1 aromatic heterocycles. The minimum absolute atomic E-state index is 0.306. The van der Waals surface area contributed by atoms with Crippen LogP contribution in [0.25, 0.3) is 0 Å². The molecular weight excluding hydrogens is 252 g/mol. The van der Waals surface area contributed by atoms with Gasteiger partial charge >= 0.3 is 0 Å². The maximum Gasteiger partial charge on any atom is 0.239 e. The monoisotopic (exact) mass is 268 g/mol. The van der Waals surface area contributed by atoms with Gasteiger partial charge in [0.1, 0.15) is 5.02 Å². The zero-order valence-electron chi connectivity index (χ0n) is 10.5. The van der Waals surface area contributed by atoms with Gasteiger partial charge in [0.25, 0.3) is 0 Å². The number of hydrogen-bond acceptors (Lipinski definition) is 6. The Kier molecular flexibility index (Phi) is 5.62. The molecule has 18 heavy (non-hydrogen) atoms. The molecule has 0 spiro atoms. The number of nitrogens with one attached hydrogen (secondary N) is 1. The maximum absolute atomic E-state index is 8.69. The van der Waals surface area contributed by atoms with Crippen LogP contribution in [0.1, 0.15) is 20.3 Å². The van der Waals surface area contributed by atoms with Crippen molar-refractivity contribution in [1.82, 2.24) is 9.97 Å². The molecule has 7 heteroatoms. The van der Waals surface area contributed by atoms with Gasteiger partial charge in [-0.2, -0.15) is 10.2 Å². The van der Waals surface area contributed by atoms with Crippen LogP contribution in [-0.2, 0) is 0 Å². The predicted octanol–water partition coefficient (Wildman–Crippen LogP) is 1.79. The minimum Gasteiger partial charge on any atom is -0.354 e. The Balaban J connectivity index is 2.99. The predicted molar refractivity (Wildman–Crippen MR) is 72.1 cm³/mol. The van der Waals surface area contributed by atoms with Gasteiger partial charge in [0, 0.05) is 13.1 Å². The van der Waals surface area contributed by atoms with Crippen molar-refractivity contribution < 1.29 is 0 Å². The van der Waals surface area contributed by atoms with Gasteiger partial charge < -0.3 is 4.90 Å². The first-order valence-corrected chi connectivity index (χ1v) is 6.07. The second-order valence-electron chi connectivity index (χ2n) is 4.26. The lowest BCUT2D eigenvalue weighted by Crippen LogP contribution is -2.30. The van der Waals surface area contributed by atoms with Gasteiger partial charge in [-0.15, -0.1) is 0 Å². The molecule has 0 bridgehead atoms. The molecule has 0 aromatic carbocycles. The fourth-order valence-electron chi connectivity index (χ4n) is 1.56. The summed E-state index contributed by atoms with van der Waals surface area (Å²) in [5, 5.41) is 9.14. The van der Waals surface area contributed by atoms with Gasteiger partial charge in [0.05, 0.1) is 18.7 Å². The number of hydrogen-bond donors (Lipinski definition) is 2. The molecule has 0 saturated heterocycles.